The van der Waals surface area contributed by atoms with Gasteiger partial charge in [-0.3, -0.25) is 9.59 Å². The van der Waals surface area contributed by atoms with Gasteiger partial charge in [-0.15, -0.1) is 0 Å². The van der Waals surface area contributed by atoms with Crippen LogP contribution in [0.5, 0.6) is 5.88 Å². The van der Waals surface area contributed by atoms with Crippen molar-refractivity contribution in [2.45, 2.75) is 37.1 Å². The second kappa shape index (κ2) is 9.72. The Labute approximate surface area is 241 Å². The summed E-state index contributed by atoms with van der Waals surface area (Å²) in [6.07, 6.45) is 0.627. The topological polar surface area (TPSA) is 122 Å². The van der Waals surface area contributed by atoms with Crippen LogP contribution in [0.25, 0.3) is 10.8 Å². The summed E-state index contributed by atoms with van der Waals surface area (Å²) in [6.45, 7) is 1.88. The molecule has 3 amide bonds. The smallest absolute Gasteiger partial charge is 0.409 e. The van der Waals surface area contributed by atoms with Gasteiger partial charge in [0.25, 0.3) is 0 Å². The predicted molar refractivity (Wildman–Crippen MR) is 148 cm³/mol. The lowest BCUT2D eigenvalue weighted by atomic mass is 9.66. The van der Waals surface area contributed by atoms with Gasteiger partial charge in [0.05, 0.1) is 46.4 Å². The molecule has 1 aromatic heterocycles. The summed E-state index contributed by atoms with van der Waals surface area (Å²) in [7, 11) is 3.15. The van der Waals surface area contributed by atoms with Gasteiger partial charge in [-0.25, -0.2) is 14.7 Å². The number of nitrogens with zero attached hydrogens (tertiary/aromatic N) is 4. The number of carbonyl (C=O) groups is 3. The van der Waals surface area contributed by atoms with E-state index in [1.54, 1.807) is 69.6 Å². The van der Waals surface area contributed by atoms with Gasteiger partial charge >= 0.3 is 6.09 Å². The number of carbonyl (C=O) groups excluding carboxylic acids is 3. The van der Waals surface area contributed by atoms with Crippen molar-refractivity contribution >= 4 is 46.0 Å². The van der Waals surface area contributed by atoms with Crippen LogP contribution in [0.15, 0.2) is 54.7 Å². The first-order valence-electron chi connectivity index (χ1n) is 13.2. The number of fused-ring (bicyclic) bond motifs is 6. The van der Waals surface area contributed by atoms with Gasteiger partial charge in [0.15, 0.2) is 0 Å². The molecule has 2 unspecified atom stereocenters. The molecule has 0 aliphatic carbocycles. The summed E-state index contributed by atoms with van der Waals surface area (Å²) in [4.78, 5) is 47.7. The third-order valence-corrected chi connectivity index (χ3v) is 8.65. The number of nitriles is 1. The molecule has 3 aromatic rings. The standard InChI is InChI=1S/C30H27ClN4O6/c1-29-22(40-28(38)34(2)3)14-30(41-29,12-13-39-23-11-9-18(31)16-33-23)25-24(29)26(36)35(27(25)37)21-10-8-17(15-32)19-6-4-5-7-20(19)21/h4-11,16,22,24-25H,12-14H2,1-3H3/t22-,24-,25+,29?,30?/m0/s1. The number of hydrogen-bond donors (Lipinski definition) is 0. The fourth-order valence-electron chi connectivity index (χ4n) is 6.58. The van der Waals surface area contributed by atoms with E-state index in [9.17, 15) is 19.6 Å². The maximum atomic E-state index is 14.2. The van der Waals surface area contributed by atoms with Gasteiger partial charge in [-0.1, -0.05) is 35.9 Å². The Hall–Kier alpha value is -4.20. The molecule has 4 heterocycles. The summed E-state index contributed by atoms with van der Waals surface area (Å²) in [6, 6.07) is 15.9. The van der Waals surface area contributed by atoms with Crippen LogP contribution < -0.4 is 9.64 Å². The van der Waals surface area contributed by atoms with E-state index in [0.29, 0.717) is 32.9 Å². The number of amides is 3. The number of hydrogen-bond acceptors (Lipinski definition) is 8. The van der Waals surface area contributed by atoms with Gasteiger partial charge in [0.2, 0.25) is 17.7 Å². The minimum Gasteiger partial charge on any atom is -0.478 e. The van der Waals surface area contributed by atoms with E-state index in [0.717, 1.165) is 0 Å². The maximum absolute atomic E-state index is 14.2. The van der Waals surface area contributed by atoms with Crippen molar-refractivity contribution in [3.8, 4) is 11.9 Å². The fourth-order valence-corrected chi connectivity index (χ4v) is 6.69. The lowest BCUT2D eigenvalue weighted by Gasteiger charge is -2.36. The maximum Gasteiger partial charge on any atom is 0.409 e. The molecule has 2 bridgehead atoms. The van der Waals surface area contributed by atoms with Gasteiger partial charge in [0, 0.05) is 50.0 Å². The Morgan fingerprint density at radius 1 is 1.15 bits per heavy atom. The molecule has 10 nitrogen and oxygen atoms in total. The van der Waals surface area contributed by atoms with Gasteiger partial charge in [-0.05, 0) is 25.1 Å². The van der Waals surface area contributed by atoms with Crippen LogP contribution in [0.2, 0.25) is 5.02 Å². The number of rotatable bonds is 6. The van der Waals surface area contributed by atoms with Crippen molar-refractivity contribution in [1.82, 2.24) is 9.88 Å². The van der Waals surface area contributed by atoms with E-state index in [1.165, 1.54) is 16.0 Å². The molecular weight excluding hydrogens is 548 g/mol. The van der Waals surface area contributed by atoms with Crippen LogP contribution in [0.1, 0.15) is 25.3 Å². The molecular formula is C30H27ClN4O6. The first-order chi connectivity index (χ1) is 19.6. The quantitative estimate of drug-likeness (QED) is 0.399. The Kier molecular flexibility index (Phi) is 6.40. The average Bonchev–Trinajstić information content (AvgIpc) is 3.50. The van der Waals surface area contributed by atoms with Crippen molar-refractivity contribution in [2.24, 2.45) is 11.8 Å². The molecule has 3 aliphatic rings. The zero-order chi connectivity index (χ0) is 29.1. The van der Waals surface area contributed by atoms with E-state index < -0.39 is 41.1 Å². The van der Waals surface area contributed by atoms with Crippen LogP contribution >= 0.6 is 11.6 Å². The third kappa shape index (κ3) is 4.11. The van der Waals surface area contributed by atoms with Crippen LogP contribution in [0.4, 0.5) is 10.5 Å². The summed E-state index contributed by atoms with van der Waals surface area (Å²) < 4.78 is 18.3. The molecule has 3 saturated heterocycles. The summed E-state index contributed by atoms with van der Waals surface area (Å²) in [5.74, 6) is -2.15. The second-order valence-corrected chi connectivity index (χ2v) is 11.4. The summed E-state index contributed by atoms with van der Waals surface area (Å²) in [5.41, 5.74) is -1.50. The van der Waals surface area contributed by atoms with E-state index in [1.807, 2.05) is 0 Å². The van der Waals surface area contributed by atoms with Crippen molar-refractivity contribution in [1.29, 1.82) is 5.26 Å². The minimum absolute atomic E-state index is 0.142. The molecule has 3 aliphatic heterocycles. The van der Waals surface area contributed by atoms with Crippen molar-refractivity contribution in [2.75, 3.05) is 25.6 Å². The lowest BCUT2D eigenvalue weighted by molar-refractivity contribution is -0.134. The Balaban J connectivity index is 1.38. The first-order valence-corrected chi connectivity index (χ1v) is 13.6. The predicted octanol–water partition coefficient (Wildman–Crippen LogP) is 4.33. The number of imide groups is 1. The second-order valence-electron chi connectivity index (χ2n) is 11.0. The molecule has 6 rings (SSSR count). The number of benzene rings is 2. The van der Waals surface area contributed by atoms with E-state index >= 15 is 0 Å². The average molecular weight is 575 g/mol. The SMILES string of the molecule is CN(C)C(=O)O[C@H]1CC2(CCOc3ccc(Cl)cn3)OC1(C)[C@@H]1C(=O)N(c3ccc(C#N)c4ccccc34)C(=O)[C@@H]12. The molecule has 11 heteroatoms. The molecule has 3 fully saturated rings. The zero-order valence-electron chi connectivity index (χ0n) is 22.7. The fraction of sp³-hybridized carbons (Fsp3) is 0.367. The molecule has 0 spiro atoms. The van der Waals surface area contributed by atoms with Gasteiger partial charge in [0.1, 0.15) is 11.7 Å². The number of anilines is 1. The first kappa shape index (κ1) is 27.0. The lowest BCUT2D eigenvalue weighted by Crippen LogP contribution is -2.52. The van der Waals surface area contributed by atoms with Crippen molar-refractivity contribution in [3.63, 3.8) is 0 Å². The molecule has 41 heavy (non-hydrogen) atoms. The number of aromatic nitrogens is 1. The van der Waals surface area contributed by atoms with E-state index in [2.05, 4.69) is 11.1 Å². The summed E-state index contributed by atoms with van der Waals surface area (Å²) in [5, 5.41) is 11.3. The highest BCUT2D eigenvalue weighted by Crippen LogP contribution is 2.63. The molecule has 2 aromatic carbocycles. The van der Waals surface area contributed by atoms with E-state index in [4.69, 9.17) is 25.8 Å². The van der Waals surface area contributed by atoms with Crippen LogP contribution in [0, 0.1) is 23.2 Å². The molecule has 5 atom stereocenters. The normalized spacial score (nSPS) is 28.1. The molecule has 0 N–H and O–H groups in total. The zero-order valence-corrected chi connectivity index (χ0v) is 23.4. The van der Waals surface area contributed by atoms with Crippen LogP contribution in [-0.2, 0) is 19.1 Å². The summed E-state index contributed by atoms with van der Waals surface area (Å²) >= 11 is 5.93. The Bertz CT molecular complexity index is 1620. The highest BCUT2D eigenvalue weighted by molar-refractivity contribution is 6.30. The Morgan fingerprint density at radius 2 is 1.88 bits per heavy atom. The van der Waals surface area contributed by atoms with Crippen LogP contribution in [-0.4, -0.2) is 65.8 Å². The highest BCUT2D eigenvalue weighted by atomic mass is 35.5. The molecule has 0 radical (unpaired) electrons. The van der Waals surface area contributed by atoms with Crippen molar-refractivity contribution < 1.29 is 28.6 Å². The monoisotopic (exact) mass is 574 g/mol. The van der Waals surface area contributed by atoms with Crippen LogP contribution in [0.3, 0.4) is 0 Å². The number of halogens is 1. The molecule has 0 saturated carbocycles. The molecule has 210 valence electrons. The highest BCUT2D eigenvalue weighted by Gasteiger charge is 2.78. The van der Waals surface area contributed by atoms with Gasteiger partial charge < -0.3 is 19.1 Å². The number of ether oxygens (including phenoxy) is 3. The Morgan fingerprint density at radius 3 is 2.56 bits per heavy atom. The number of pyridine rings is 1. The van der Waals surface area contributed by atoms with Crippen molar-refractivity contribution in [3.05, 3.63) is 65.3 Å². The largest absolute Gasteiger partial charge is 0.478 e. The minimum atomic E-state index is -1.24. The van der Waals surface area contributed by atoms with E-state index in [-0.39, 0.29) is 25.4 Å². The third-order valence-electron chi connectivity index (χ3n) is 8.43. The van der Waals surface area contributed by atoms with Gasteiger partial charge in [-0.2, -0.15) is 5.26 Å².